The van der Waals surface area contributed by atoms with Crippen LogP contribution in [-0.2, 0) is 9.47 Å². The summed E-state index contributed by atoms with van der Waals surface area (Å²) in [6, 6.07) is 11.5. The molecular weight excluding hydrogens is 352 g/mol. The summed E-state index contributed by atoms with van der Waals surface area (Å²) >= 11 is 3.36. The molecular formula is C16H13BrO5. The number of hydrogen-bond acceptors (Lipinski definition) is 5. The van der Waals surface area contributed by atoms with E-state index in [0.29, 0.717) is 10.2 Å². The van der Waals surface area contributed by atoms with Crippen molar-refractivity contribution in [2.24, 2.45) is 0 Å². The van der Waals surface area contributed by atoms with Gasteiger partial charge in [0.1, 0.15) is 17.1 Å². The lowest BCUT2D eigenvalue weighted by Gasteiger charge is -2.12. The molecule has 0 saturated heterocycles. The summed E-state index contributed by atoms with van der Waals surface area (Å²) in [5.74, 6) is -0.358. The second kappa shape index (κ2) is 7.09. The third-order valence-electron chi connectivity index (χ3n) is 2.86. The molecule has 0 aliphatic heterocycles. The summed E-state index contributed by atoms with van der Waals surface area (Å²) in [5.41, 5.74) is 0.489. The van der Waals surface area contributed by atoms with Gasteiger partial charge in [-0.3, -0.25) is 0 Å². The van der Waals surface area contributed by atoms with E-state index in [-0.39, 0.29) is 16.9 Å². The van der Waals surface area contributed by atoms with Crippen molar-refractivity contribution in [2.75, 3.05) is 14.2 Å². The Kier molecular flexibility index (Phi) is 5.16. The molecule has 2 aromatic rings. The van der Waals surface area contributed by atoms with Crippen LogP contribution in [0.3, 0.4) is 0 Å². The third kappa shape index (κ3) is 3.46. The van der Waals surface area contributed by atoms with Crippen LogP contribution in [0.1, 0.15) is 20.7 Å². The van der Waals surface area contributed by atoms with E-state index < -0.39 is 11.9 Å². The third-order valence-corrected chi connectivity index (χ3v) is 3.52. The molecule has 0 fully saturated rings. The van der Waals surface area contributed by atoms with Crippen molar-refractivity contribution in [3.05, 3.63) is 58.1 Å². The Bertz CT molecular complexity index is 711. The van der Waals surface area contributed by atoms with Crippen molar-refractivity contribution >= 4 is 27.9 Å². The topological polar surface area (TPSA) is 61.8 Å². The van der Waals surface area contributed by atoms with Gasteiger partial charge in [0.25, 0.3) is 0 Å². The molecule has 0 aliphatic rings. The molecule has 0 aromatic heterocycles. The number of rotatable bonds is 4. The number of ether oxygens (including phenoxy) is 3. The van der Waals surface area contributed by atoms with Crippen molar-refractivity contribution in [3.8, 4) is 11.5 Å². The summed E-state index contributed by atoms with van der Waals surface area (Å²) < 4.78 is 15.9. The maximum Gasteiger partial charge on any atom is 0.341 e. The zero-order chi connectivity index (χ0) is 16.1. The predicted octanol–water partition coefficient (Wildman–Crippen LogP) is 3.81. The normalized spacial score (nSPS) is 9.95. The molecule has 114 valence electrons. The van der Waals surface area contributed by atoms with Crippen molar-refractivity contribution in [2.45, 2.75) is 0 Å². The number of carbonyl (C=O) groups is 2. The van der Waals surface area contributed by atoms with Crippen LogP contribution in [-0.4, -0.2) is 26.2 Å². The number of para-hydroxylation sites is 1. The Balaban J connectivity index is 2.47. The SMILES string of the molecule is COC(=O)c1ccc(C(=O)OC)c(Oc2ccccc2Br)c1. The van der Waals surface area contributed by atoms with E-state index in [9.17, 15) is 9.59 Å². The van der Waals surface area contributed by atoms with E-state index in [1.807, 2.05) is 6.07 Å². The van der Waals surface area contributed by atoms with Crippen LogP contribution in [0.25, 0.3) is 0 Å². The number of carbonyl (C=O) groups excluding carboxylic acids is 2. The molecule has 0 amide bonds. The Morgan fingerprint density at radius 3 is 2.23 bits per heavy atom. The first-order valence-corrected chi connectivity index (χ1v) is 7.09. The molecule has 0 saturated carbocycles. The van der Waals surface area contributed by atoms with E-state index in [1.165, 1.54) is 32.4 Å². The first-order chi connectivity index (χ1) is 10.6. The van der Waals surface area contributed by atoms with Crippen molar-refractivity contribution in [1.29, 1.82) is 0 Å². The second-order valence-corrected chi connectivity index (χ2v) is 5.08. The molecule has 2 aromatic carbocycles. The van der Waals surface area contributed by atoms with Gasteiger partial charge in [0.2, 0.25) is 0 Å². The zero-order valence-electron chi connectivity index (χ0n) is 12.0. The first kappa shape index (κ1) is 16.0. The minimum absolute atomic E-state index is 0.210. The van der Waals surface area contributed by atoms with E-state index >= 15 is 0 Å². The van der Waals surface area contributed by atoms with Crippen LogP contribution >= 0.6 is 15.9 Å². The fraction of sp³-hybridized carbons (Fsp3) is 0.125. The molecule has 5 nitrogen and oxygen atoms in total. The lowest BCUT2D eigenvalue weighted by molar-refractivity contribution is 0.0584. The van der Waals surface area contributed by atoms with Crippen LogP contribution in [0.4, 0.5) is 0 Å². The van der Waals surface area contributed by atoms with E-state index in [0.717, 1.165) is 0 Å². The molecule has 0 bridgehead atoms. The molecule has 0 atom stereocenters. The lowest BCUT2D eigenvalue weighted by Crippen LogP contribution is -2.07. The molecule has 0 spiro atoms. The van der Waals surface area contributed by atoms with Gasteiger partial charge in [-0.2, -0.15) is 0 Å². The van der Waals surface area contributed by atoms with E-state index in [1.54, 1.807) is 18.2 Å². The molecule has 0 radical (unpaired) electrons. The zero-order valence-corrected chi connectivity index (χ0v) is 13.5. The van der Waals surface area contributed by atoms with Crippen LogP contribution < -0.4 is 4.74 Å². The number of methoxy groups -OCH3 is 2. The largest absolute Gasteiger partial charge is 0.465 e. The number of benzene rings is 2. The maximum atomic E-state index is 11.8. The lowest BCUT2D eigenvalue weighted by atomic mass is 10.1. The van der Waals surface area contributed by atoms with Crippen LogP contribution in [0.15, 0.2) is 46.9 Å². The van der Waals surface area contributed by atoms with Gasteiger partial charge < -0.3 is 14.2 Å². The molecule has 22 heavy (non-hydrogen) atoms. The molecule has 0 N–H and O–H groups in total. The quantitative estimate of drug-likeness (QED) is 0.771. The Morgan fingerprint density at radius 1 is 0.909 bits per heavy atom. The van der Waals surface area contributed by atoms with Gasteiger partial charge >= 0.3 is 11.9 Å². The summed E-state index contributed by atoms with van der Waals surface area (Å²) in [7, 11) is 2.56. The number of esters is 2. The summed E-state index contributed by atoms with van der Waals surface area (Å²) in [5, 5.41) is 0. The highest BCUT2D eigenvalue weighted by atomic mass is 79.9. The number of hydrogen-bond donors (Lipinski definition) is 0. The Hall–Kier alpha value is -2.34. The fourth-order valence-electron chi connectivity index (χ4n) is 1.78. The van der Waals surface area contributed by atoms with E-state index in [2.05, 4.69) is 20.7 Å². The van der Waals surface area contributed by atoms with Gasteiger partial charge in [0.15, 0.2) is 0 Å². The van der Waals surface area contributed by atoms with Crippen LogP contribution in [0.2, 0.25) is 0 Å². The average Bonchev–Trinajstić information content (AvgIpc) is 2.55. The number of halogens is 1. The molecule has 2 rings (SSSR count). The van der Waals surface area contributed by atoms with Crippen molar-refractivity contribution < 1.29 is 23.8 Å². The highest BCUT2D eigenvalue weighted by molar-refractivity contribution is 9.10. The standard InChI is InChI=1S/C16H13BrO5/c1-20-15(18)10-7-8-11(16(19)21-2)14(9-10)22-13-6-4-3-5-12(13)17/h3-9H,1-2H3. The van der Waals surface area contributed by atoms with Gasteiger partial charge in [-0.1, -0.05) is 12.1 Å². The average molecular weight is 365 g/mol. The van der Waals surface area contributed by atoms with Gasteiger partial charge in [0, 0.05) is 0 Å². The van der Waals surface area contributed by atoms with Crippen molar-refractivity contribution in [3.63, 3.8) is 0 Å². The minimum Gasteiger partial charge on any atom is -0.465 e. The summed E-state index contributed by atoms with van der Waals surface area (Å²) in [6.07, 6.45) is 0. The van der Waals surface area contributed by atoms with Gasteiger partial charge in [0.05, 0.1) is 24.3 Å². The second-order valence-electron chi connectivity index (χ2n) is 4.23. The van der Waals surface area contributed by atoms with E-state index in [4.69, 9.17) is 9.47 Å². The molecule has 0 unspecified atom stereocenters. The summed E-state index contributed by atoms with van der Waals surface area (Å²) in [4.78, 5) is 23.5. The monoisotopic (exact) mass is 364 g/mol. The van der Waals surface area contributed by atoms with Gasteiger partial charge in [-0.25, -0.2) is 9.59 Å². The maximum absolute atomic E-state index is 11.8. The molecule has 0 heterocycles. The summed E-state index contributed by atoms with van der Waals surface area (Å²) in [6.45, 7) is 0. The predicted molar refractivity (Wildman–Crippen MR) is 83.3 cm³/mol. The highest BCUT2D eigenvalue weighted by Crippen LogP contribution is 2.32. The fourth-order valence-corrected chi connectivity index (χ4v) is 2.14. The van der Waals surface area contributed by atoms with Crippen LogP contribution in [0, 0.1) is 0 Å². The minimum atomic E-state index is -0.557. The van der Waals surface area contributed by atoms with Crippen molar-refractivity contribution in [1.82, 2.24) is 0 Å². The Morgan fingerprint density at radius 2 is 1.59 bits per heavy atom. The smallest absolute Gasteiger partial charge is 0.341 e. The highest BCUT2D eigenvalue weighted by Gasteiger charge is 2.18. The first-order valence-electron chi connectivity index (χ1n) is 6.30. The van der Waals surface area contributed by atoms with Gasteiger partial charge in [-0.15, -0.1) is 0 Å². The van der Waals surface area contributed by atoms with Crippen LogP contribution in [0.5, 0.6) is 11.5 Å². The molecule has 0 aliphatic carbocycles. The Labute approximate surface area is 135 Å². The molecule has 6 heteroatoms. The van der Waals surface area contributed by atoms with Gasteiger partial charge in [-0.05, 0) is 46.3 Å².